The van der Waals surface area contributed by atoms with Crippen LogP contribution in [0.5, 0.6) is 0 Å². The Hall–Kier alpha value is -2.67. The van der Waals surface area contributed by atoms with Crippen molar-refractivity contribution < 1.29 is 28.5 Å². The minimum absolute atomic E-state index is 0.343. The van der Waals surface area contributed by atoms with E-state index in [-0.39, 0.29) is 0 Å². The molecule has 32 heavy (non-hydrogen) atoms. The molecule has 0 aliphatic carbocycles. The summed E-state index contributed by atoms with van der Waals surface area (Å²) in [5, 5.41) is 0. The van der Waals surface area contributed by atoms with E-state index < -0.39 is 36.7 Å². The molecule has 6 heteroatoms. The van der Waals surface area contributed by atoms with Gasteiger partial charge in [-0.15, -0.1) is 0 Å². The van der Waals surface area contributed by atoms with Gasteiger partial charge in [-0.1, -0.05) is 60.7 Å². The van der Waals surface area contributed by atoms with Crippen LogP contribution in [0.2, 0.25) is 0 Å². The van der Waals surface area contributed by atoms with Crippen molar-refractivity contribution in [3.8, 4) is 0 Å². The first-order valence-electron chi connectivity index (χ1n) is 10.9. The molecule has 1 aliphatic rings. The SMILES string of the molecule is C/C=C(\C)O[C@H]1O[C@@H](C)[C@@H](OC(C)=O)[C@@H](OCc2ccccc2)[C@@H]1OCc1ccccc1. The van der Waals surface area contributed by atoms with Crippen molar-refractivity contribution in [1.82, 2.24) is 0 Å². The van der Waals surface area contributed by atoms with Crippen LogP contribution in [0.15, 0.2) is 72.5 Å². The van der Waals surface area contributed by atoms with Gasteiger partial charge in [0.15, 0.2) is 6.10 Å². The summed E-state index contributed by atoms with van der Waals surface area (Å²) in [5.74, 6) is 0.313. The molecule has 1 fully saturated rings. The van der Waals surface area contributed by atoms with Crippen molar-refractivity contribution in [2.24, 2.45) is 0 Å². The van der Waals surface area contributed by atoms with Crippen LogP contribution in [-0.2, 0) is 41.7 Å². The Balaban J connectivity index is 1.87. The van der Waals surface area contributed by atoms with E-state index in [1.165, 1.54) is 6.92 Å². The van der Waals surface area contributed by atoms with Crippen molar-refractivity contribution >= 4 is 5.97 Å². The fourth-order valence-corrected chi connectivity index (χ4v) is 3.57. The van der Waals surface area contributed by atoms with Gasteiger partial charge in [-0.3, -0.25) is 4.79 Å². The highest BCUT2D eigenvalue weighted by Crippen LogP contribution is 2.31. The molecule has 0 saturated carbocycles. The highest BCUT2D eigenvalue weighted by atomic mass is 16.7. The number of carbonyl (C=O) groups is 1. The van der Waals surface area contributed by atoms with Crippen molar-refractivity contribution in [2.45, 2.75) is 71.6 Å². The van der Waals surface area contributed by atoms with Crippen LogP contribution < -0.4 is 0 Å². The molecular formula is C26H32O6. The Bertz CT molecular complexity index is 866. The summed E-state index contributed by atoms with van der Waals surface area (Å²) in [6, 6.07) is 19.7. The van der Waals surface area contributed by atoms with E-state index in [0.29, 0.717) is 19.0 Å². The van der Waals surface area contributed by atoms with Gasteiger partial charge in [0.25, 0.3) is 0 Å². The van der Waals surface area contributed by atoms with Crippen LogP contribution >= 0.6 is 0 Å². The molecule has 0 amide bonds. The molecule has 0 spiro atoms. The summed E-state index contributed by atoms with van der Waals surface area (Å²) in [7, 11) is 0. The zero-order valence-corrected chi connectivity index (χ0v) is 19.1. The molecule has 2 aromatic rings. The van der Waals surface area contributed by atoms with Gasteiger partial charge in [-0.05, 0) is 38.0 Å². The first kappa shape index (κ1) is 24.0. The lowest BCUT2D eigenvalue weighted by molar-refractivity contribution is -0.306. The van der Waals surface area contributed by atoms with E-state index in [4.69, 9.17) is 23.7 Å². The third-order valence-corrected chi connectivity index (χ3v) is 5.31. The van der Waals surface area contributed by atoms with E-state index in [1.54, 1.807) is 0 Å². The van der Waals surface area contributed by atoms with Crippen molar-refractivity contribution in [3.05, 3.63) is 83.6 Å². The van der Waals surface area contributed by atoms with Gasteiger partial charge < -0.3 is 23.7 Å². The second-order valence-corrected chi connectivity index (χ2v) is 7.82. The van der Waals surface area contributed by atoms with Crippen LogP contribution in [-0.4, -0.2) is 36.7 Å². The standard InChI is InChI=1S/C26H32O6/c1-5-18(2)30-26-25(29-17-22-14-10-7-11-15-22)24(23(19(3)31-26)32-20(4)27)28-16-21-12-8-6-9-13-21/h5-15,19,23-26H,16-17H2,1-4H3/b18-5+/t19-,23+,24+,25-,26-/m0/s1. The number of carbonyl (C=O) groups excluding carboxylic acids is 1. The third-order valence-electron chi connectivity index (χ3n) is 5.31. The maximum atomic E-state index is 11.9. The average Bonchev–Trinajstić information content (AvgIpc) is 2.80. The summed E-state index contributed by atoms with van der Waals surface area (Å²) in [6.45, 7) is 7.67. The van der Waals surface area contributed by atoms with Gasteiger partial charge in [0.05, 0.1) is 25.1 Å². The van der Waals surface area contributed by atoms with Crippen LogP contribution in [0.25, 0.3) is 0 Å². The molecule has 6 nitrogen and oxygen atoms in total. The minimum atomic E-state index is -0.711. The van der Waals surface area contributed by atoms with Gasteiger partial charge in [-0.25, -0.2) is 0 Å². The first-order chi connectivity index (χ1) is 15.5. The molecule has 1 saturated heterocycles. The van der Waals surface area contributed by atoms with E-state index in [2.05, 4.69) is 0 Å². The molecule has 0 radical (unpaired) electrons. The second kappa shape index (κ2) is 11.8. The Morgan fingerprint density at radius 2 is 1.38 bits per heavy atom. The molecule has 0 unspecified atom stereocenters. The number of hydrogen-bond donors (Lipinski definition) is 0. The lowest BCUT2D eigenvalue weighted by Gasteiger charge is -2.44. The Morgan fingerprint density at radius 3 is 1.88 bits per heavy atom. The predicted molar refractivity (Wildman–Crippen MR) is 120 cm³/mol. The Morgan fingerprint density at radius 1 is 0.844 bits per heavy atom. The van der Waals surface area contributed by atoms with Crippen molar-refractivity contribution in [2.75, 3.05) is 0 Å². The summed E-state index contributed by atoms with van der Waals surface area (Å²) in [6.07, 6.45) is -1.12. The molecule has 0 N–H and O–H groups in total. The van der Waals surface area contributed by atoms with E-state index in [1.807, 2.05) is 87.5 Å². The molecule has 1 aliphatic heterocycles. The number of ether oxygens (including phenoxy) is 5. The lowest BCUT2D eigenvalue weighted by atomic mass is 9.98. The first-order valence-corrected chi connectivity index (χ1v) is 10.9. The summed E-state index contributed by atoms with van der Waals surface area (Å²) in [4.78, 5) is 11.9. The van der Waals surface area contributed by atoms with Crippen molar-refractivity contribution in [1.29, 1.82) is 0 Å². The van der Waals surface area contributed by atoms with Crippen LogP contribution in [0, 0.1) is 0 Å². The monoisotopic (exact) mass is 440 g/mol. The number of esters is 1. The fraction of sp³-hybridized carbons (Fsp3) is 0.423. The largest absolute Gasteiger partial charge is 0.467 e. The van der Waals surface area contributed by atoms with Crippen LogP contribution in [0.4, 0.5) is 0 Å². The van der Waals surface area contributed by atoms with Crippen LogP contribution in [0.1, 0.15) is 38.8 Å². The Labute approximate surface area is 190 Å². The predicted octanol–water partition coefficient (Wildman–Crippen LogP) is 4.77. The van der Waals surface area contributed by atoms with Gasteiger partial charge in [0.1, 0.15) is 12.2 Å². The topological polar surface area (TPSA) is 63.2 Å². The van der Waals surface area contributed by atoms with E-state index in [9.17, 15) is 4.79 Å². The highest BCUT2D eigenvalue weighted by Gasteiger charge is 2.49. The zero-order valence-electron chi connectivity index (χ0n) is 19.1. The summed E-state index contributed by atoms with van der Waals surface area (Å²) in [5.41, 5.74) is 2.02. The maximum absolute atomic E-state index is 11.9. The average molecular weight is 441 g/mol. The lowest BCUT2D eigenvalue weighted by Crippen LogP contribution is -2.60. The van der Waals surface area contributed by atoms with E-state index in [0.717, 1.165) is 11.1 Å². The Kier molecular flexibility index (Phi) is 8.85. The second-order valence-electron chi connectivity index (χ2n) is 7.82. The fourth-order valence-electron chi connectivity index (χ4n) is 3.57. The smallest absolute Gasteiger partial charge is 0.303 e. The van der Waals surface area contributed by atoms with Gasteiger partial charge in [0, 0.05) is 6.92 Å². The maximum Gasteiger partial charge on any atom is 0.303 e. The number of rotatable bonds is 9. The minimum Gasteiger partial charge on any atom is -0.467 e. The number of allylic oxidation sites excluding steroid dienone is 2. The van der Waals surface area contributed by atoms with Gasteiger partial charge in [0.2, 0.25) is 6.29 Å². The molecular weight excluding hydrogens is 408 g/mol. The molecule has 1 heterocycles. The molecule has 172 valence electrons. The molecule has 0 aromatic heterocycles. The normalized spacial score (nSPS) is 25.9. The summed E-state index contributed by atoms with van der Waals surface area (Å²) >= 11 is 0. The summed E-state index contributed by atoms with van der Waals surface area (Å²) < 4.78 is 30.4. The number of benzene rings is 2. The van der Waals surface area contributed by atoms with Gasteiger partial charge >= 0.3 is 5.97 Å². The number of hydrogen-bond acceptors (Lipinski definition) is 6. The van der Waals surface area contributed by atoms with E-state index >= 15 is 0 Å². The van der Waals surface area contributed by atoms with Crippen LogP contribution in [0.3, 0.4) is 0 Å². The van der Waals surface area contributed by atoms with Gasteiger partial charge in [-0.2, -0.15) is 0 Å². The molecule has 2 aromatic carbocycles. The molecule has 0 bridgehead atoms. The zero-order chi connectivity index (χ0) is 22.9. The molecule has 5 atom stereocenters. The highest BCUT2D eigenvalue weighted by molar-refractivity contribution is 5.66. The third kappa shape index (κ3) is 6.66. The quantitative estimate of drug-likeness (QED) is 0.413. The van der Waals surface area contributed by atoms with Crippen molar-refractivity contribution in [3.63, 3.8) is 0 Å². The molecule has 3 rings (SSSR count).